The lowest BCUT2D eigenvalue weighted by Crippen LogP contribution is -2.21. The van der Waals surface area contributed by atoms with Crippen molar-refractivity contribution >= 4 is 28.6 Å². The summed E-state index contributed by atoms with van der Waals surface area (Å²) >= 11 is 0. The average molecular weight is 327 g/mol. The Bertz CT molecular complexity index is 906. The Balaban J connectivity index is 1.90. The van der Waals surface area contributed by atoms with Gasteiger partial charge in [-0.1, -0.05) is 18.2 Å². The van der Waals surface area contributed by atoms with Crippen LogP contribution < -0.4 is 5.32 Å². The Hall–Kier alpha value is -3.16. The molecule has 0 radical (unpaired) electrons. The largest absolute Gasteiger partial charge is 0.464 e. The summed E-state index contributed by atoms with van der Waals surface area (Å²) in [4.78, 5) is 24.2. The third-order valence-electron chi connectivity index (χ3n) is 3.71. The zero-order chi connectivity index (χ0) is 17.3. The first-order valence-corrected chi connectivity index (χ1v) is 7.33. The van der Waals surface area contributed by atoms with E-state index < -0.39 is 5.97 Å². The maximum Gasteiger partial charge on any atom is 0.359 e. The number of anilines is 1. The van der Waals surface area contributed by atoms with Gasteiger partial charge in [-0.3, -0.25) is 14.2 Å². The summed E-state index contributed by atoms with van der Waals surface area (Å²) in [5.41, 5.74) is 1.75. The number of ether oxygens (including phenoxy) is 1. The number of benzene rings is 1. The lowest BCUT2D eigenvalue weighted by atomic mass is 10.2. The zero-order valence-corrected chi connectivity index (χ0v) is 13.6. The van der Waals surface area contributed by atoms with Gasteiger partial charge in [0.15, 0.2) is 5.69 Å². The molecule has 0 aliphatic rings. The topological polar surface area (TPSA) is 91.0 Å². The minimum Gasteiger partial charge on any atom is -0.464 e. The summed E-state index contributed by atoms with van der Waals surface area (Å²) < 4.78 is 7.83. The van der Waals surface area contributed by atoms with Crippen LogP contribution in [-0.2, 0) is 23.1 Å². The molecule has 1 N–H and O–H groups in total. The summed E-state index contributed by atoms with van der Waals surface area (Å²) in [5, 5.41) is 11.8. The third-order valence-corrected chi connectivity index (χ3v) is 3.71. The number of amides is 1. The molecule has 0 bridgehead atoms. The first-order chi connectivity index (χ1) is 11.5. The number of aryl methyl sites for hydroxylation is 2. The van der Waals surface area contributed by atoms with Gasteiger partial charge in [-0.15, -0.1) is 0 Å². The highest BCUT2D eigenvalue weighted by molar-refractivity contribution is 6.02. The molecule has 8 heteroatoms. The van der Waals surface area contributed by atoms with E-state index in [1.165, 1.54) is 11.8 Å². The summed E-state index contributed by atoms with van der Waals surface area (Å²) in [6, 6.07) is 7.20. The van der Waals surface area contributed by atoms with E-state index in [1.54, 1.807) is 36.1 Å². The Labute approximate surface area is 138 Å². The molecule has 0 aliphatic carbocycles. The lowest BCUT2D eigenvalue weighted by molar-refractivity contribution is -0.116. The van der Waals surface area contributed by atoms with Gasteiger partial charge < -0.3 is 10.1 Å². The van der Waals surface area contributed by atoms with Crippen LogP contribution in [0.1, 0.15) is 16.1 Å². The molecule has 0 unspecified atom stereocenters. The molecule has 124 valence electrons. The number of methoxy groups -OCH3 is 1. The SMILES string of the molecule is COC(=O)c1nn(CC(=O)Nc2c(C)cnn2C)c2ccccc12. The van der Waals surface area contributed by atoms with Crippen molar-refractivity contribution < 1.29 is 14.3 Å². The van der Waals surface area contributed by atoms with Crippen LogP contribution in [-0.4, -0.2) is 38.5 Å². The van der Waals surface area contributed by atoms with Crippen molar-refractivity contribution in [2.24, 2.45) is 7.05 Å². The molecule has 1 amide bonds. The van der Waals surface area contributed by atoms with Crippen molar-refractivity contribution in [1.82, 2.24) is 19.6 Å². The monoisotopic (exact) mass is 327 g/mol. The molecule has 0 spiro atoms. The van der Waals surface area contributed by atoms with Gasteiger partial charge in [-0.2, -0.15) is 10.2 Å². The Kier molecular flexibility index (Phi) is 4.03. The van der Waals surface area contributed by atoms with Gasteiger partial charge in [-0.25, -0.2) is 4.79 Å². The first kappa shape index (κ1) is 15.7. The van der Waals surface area contributed by atoms with Crippen molar-refractivity contribution in [2.45, 2.75) is 13.5 Å². The number of rotatable bonds is 4. The van der Waals surface area contributed by atoms with Crippen LogP contribution in [0.3, 0.4) is 0 Å². The van der Waals surface area contributed by atoms with Gasteiger partial charge in [0, 0.05) is 18.0 Å². The predicted octanol–water partition coefficient (Wildman–Crippen LogP) is 1.50. The van der Waals surface area contributed by atoms with Crippen molar-refractivity contribution in [2.75, 3.05) is 12.4 Å². The van der Waals surface area contributed by atoms with E-state index in [-0.39, 0.29) is 18.1 Å². The van der Waals surface area contributed by atoms with Gasteiger partial charge in [0.2, 0.25) is 5.91 Å². The molecule has 2 aromatic heterocycles. The van der Waals surface area contributed by atoms with E-state index in [4.69, 9.17) is 4.74 Å². The molecule has 0 saturated heterocycles. The Morgan fingerprint density at radius 1 is 1.29 bits per heavy atom. The lowest BCUT2D eigenvalue weighted by Gasteiger charge is -2.07. The van der Waals surface area contributed by atoms with E-state index in [1.807, 2.05) is 13.0 Å². The van der Waals surface area contributed by atoms with Crippen LogP contribution in [0.4, 0.5) is 5.82 Å². The number of hydrogen-bond acceptors (Lipinski definition) is 5. The quantitative estimate of drug-likeness (QED) is 0.733. The molecule has 2 heterocycles. The maximum absolute atomic E-state index is 12.3. The van der Waals surface area contributed by atoms with Crippen molar-refractivity contribution in [3.8, 4) is 0 Å². The van der Waals surface area contributed by atoms with E-state index in [0.29, 0.717) is 16.7 Å². The molecule has 8 nitrogen and oxygen atoms in total. The van der Waals surface area contributed by atoms with Crippen LogP contribution in [0.25, 0.3) is 10.9 Å². The van der Waals surface area contributed by atoms with E-state index in [0.717, 1.165) is 5.56 Å². The number of carbonyl (C=O) groups is 2. The molecule has 0 fully saturated rings. The number of nitrogens with zero attached hydrogens (tertiary/aromatic N) is 4. The molecule has 3 rings (SSSR count). The van der Waals surface area contributed by atoms with E-state index in [9.17, 15) is 9.59 Å². The Morgan fingerprint density at radius 3 is 2.71 bits per heavy atom. The normalized spacial score (nSPS) is 10.8. The van der Waals surface area contributed by atoms with Gasteiger partial charge in [-0.05, 0) is 13.0 Å². The number of nitrogens with one attached hydrogen (secondary N) is 1. The number of hydrogen-bond donors (Lipinski definition) is 1. The standard InChI is InChI=1S/C16H17N5O3/c1-10-8-17-20(2)15(10)18-13(22)9-21-12-7-5-4-6-11(12)14(19-21)16(23)24-3/h4-8H,9H2,1-3H3,(H,18,22). The van der Waals surface area contributed by atoms with Crippen molar-refractivity contribution in [1.29, 1.82) is 0 Å². The maximum atomic E-state index is 12.3. The molecule has 0 aliphatic heterocycles. The van der Waals surface area contributed by atoms with Gasteiger partial charge in [0.25, 0.3) is 0 Å². The molecular weight excluding hydrogens is 310 g/mol. The fourth-order valence-corrected chi connectivity index (χ4v) is 2.53. The molecule has 0 atom stereocenters. The number of aromatic nitrogens is 4. The zero-order valence-electron chi connectivity index (χ0n) is 13.6. The smallest absolute Gasteiger partial charge is 0.359 e. The summed E-state index contributed by atoms with van der Waals surface area (Å²) in [6.07, 6.45) is 1.67. The molecule has 1 aromatic carbocycles. The molecule has 24 heavy (non-hydrogen) atoms. The van der Waals surface area contributed by atoms with Crippen LogP contribution in [0.15, 0.2) is 30.5 Å². The van der Waals surface area contributed by atoms with Gasteiger partial charge >= 0.3 is 5.97 Å². The second kappa shape index (κ2) is 6.15. The van der Waals surface area contributed by atoms with Gasteiger partial charge in [0.05, 0.1) is 18.8 Å². The summed E-state index contributed by atoms with van der Waals surface area (Å²) in [6.45, 7) is 1.84. The van der Waals surface area contributed by atoms with E-state index in [2.05, 4.69) is 15.5 Å². The molecule has 3 aromatic rings. The number of esters is 1. The third kappa shape index (κ3) is 2.73. The van der Waals surface area contributed by atoms with Crippen LogP contribution in [0.5, 0.6) is 0 Å². The van der Waals surface area contributed by atoms with E-state index >= 15 is 0 Å². The highest BCUT2D eigenvalue weighted by Crippen LogP contribution is 2.19. The average Bonchev–Trinajstić information content (AvgIpc) is 3.09. The first-order valence-electron chi connectivity index (χ1n) is 7.33. The minimum atomic E-state index is -0.534. The molecular formula is C16H17N5O3. The summed E-state index contributed by atoms with van der Waals surface area (Å²) in [7, 11) is 3.05. The number of carbonyl (C=O) groups excluding carboxylic acids is 2. The fourth-order valence-electron chi connectivity index (χ4n) is 2.53. The molecule has 0 saturated carbocycles. The van der Waals surface area contributed by atoms with Gasteiger partial charge in [0.1, 0.15) is 12.4 Å². The second-order valence-corrected chi connectivity index (χ2v) is 5.36. The van der Waals surface area contributed by atoms with Crippen molar-refractivity contribution in [3.05, 3.63) is 41.7 Å². The number of fused-ring (bicyclic) bond motifs is 1. The predicted molar refractivity (Wildman–Crippen MR) is 87.6 cm³/mol. The fraction of sp³-hybridized carbons (Fsp3) is 0.250. The van der Waals surface area contributed by atoms with Crippen LogP contribution in [0.2, 0.25) is 0 Å². The summed E-state index contributed by atoms with van der Waals surface area (Å²) in [5.74, 6) is -0.163. The Morgan fingerprint density at radius 2 is 2.04 bits per heavy atom. The number of para-hydroxylation sites is 1. The van der Waals surface area contributed by atoms with Crippen LogP contribution in [0, 0.1) is 6.92 Å². The minimum absolute atomic E-state index is 0.0257. The van der Waals surface area contributed by atoms with Crippen LogP contribution >= 0.6 is 0 Å². The highest BCUT2D eigenvalue weighted by Gasteiger charge is 2.19. The second-order valence-electron chi connectivity index (χ2n) is 5.36. The van der Waals surface area contributed by atoms with Crippen molar-refractivity contribution in [3.63, 3.8) is 0 Å². The highest BCUT2D eigenvalue weighted by atomic mass is 16.5.